The lowest BCUT2D eigenvalue weighted by Crippen LogP contribution is -2.40. The van der Waals surface area contributed by atoms with E-state index in [0.29, 0.717) is 28.8 Å². The number of aromatic nitrogens is 1. The van der Waals surface area contributed by atoms with Crippen molar-refractivity contribution in [2.24, 2.45) is 0 Å². The lowest BCUT2D eigenvalue weighted by Gasteiger charge is -2.25. The minimum Gasteiger partial charge on any atom is -0.320 e. The number of anilines is 3. The van der Waals surface area contributed by atoms with Crippen molar-refractivity contribution in [3.8, 4) is 0 Å². The van der Waals surface area contributed by atoms with Crippen molar-refractivity contribution in [1.29, 1.82) is 0 Å². The number of hydrogen-bond acceptors (Lipinski definition) is 5. The predicted molar refractivity (Wildman–Crippen MR) is 118 cm³/mol. The predicted octanol–water partition coefficient (Wildman–Crippen LogP) is 3.16. The van der Waals surface area contributed by atoms with E-state index in [0.717, 1.165) is 12.8 Å². The third-order valence-electron chi connectivity index (χ3n) is 6.09. The summed E-state index contributed by atoms with van der Waals surface area (Å²) in [5.74, 6) is -0.0291. The summed E-state index contributed by atoms with van der Waals surface area (Å²) < 4.78 is 0. The monoisotopic (exact) mass is 407 g/mol. The van der Waals surface area contributed by atoms with Gasteiger partial charge >= 0.3 is 0 Å². The molecule has 4 rings (SSSR count). The second-order valence-electron chi connectivity index (χ2n) is 8.21. The lowest BCUT2D eigenvalue weighted by atomic mass is 10.1. The fourth-order valence-corrected chi connectivity index (χ4v) is 4.31. The van der Waals surface area contributed by atoms with Crippen molar-refractivity contribution < 1.29 is 9.59 Å². The van der Waals surface area contributed by atoms with Crippen LogP contribution in [0.15, 0.2) is 42.6 Å². The molecule has 2 aliphatic rings. The molecule has 0 saturated carbocycles. The Labute approximate surface area is 177 Å². The smallest absolute Gasteiger partial charge is 0.259 e. The first-order chi connectivity index (χ1) is 14.5. The van der Waals surface area contributed by atoms with Gasteiger partial charge in [-0.2, -0.15) is 0 Å². The number of nitrogens with one attached hydrogen (secondary N) is 2. The Morgan fingerprint density at radius 1 is 1.30 bits per heavy atom. The van der Waals surface area contributed by atoms with Crippen molar-refractivity contribution in [3.63, 3.8) is 0 Å². The summed E-state index contributed by atoms with van der Waals surface area (Å²) in [5.41, 5.74) is 1.63. The Hall–Kier alpha value is -2.77. The largest absolute Gasteiger partial charge is 0.320 e. The Kier molecular flexibility index (Phi) is 6.11. The maximum atomic E-state index is 13.3. The summed E-state index contributed by atoms with van der Waals surface area (Å²) >= 11 is 0. The molecule has 1 fully saturated rings. The van der Waals surface area contributed by atoms with E-state index in [2.05, 4.69) is 34.5 Å². The van der Waals surface area contributed by atoms with Crippen molar-refractivity contribution in [2.45, 2.75) is 44.7 Å². The van der Waals surface area contributed by atoms with Gasteiger partial charge in [-0.05, 0) is 70.5 Å². The van der Waals surface area contributed by atoms with E-state index in [1.807, 2.05) is 18.2 Å². The highest BCUT2D eigenvalue weighted by Gasteiger charge is 2.30. The summed E-state index contributed by atoms with van der Waals surface area (Å²) in [6.45, 7) is 3.48. The molecule has 2 aromatic rings. The number of amides is 2. The van der Waals surface area contributed by atoms with Gasteiger partial charge < -0.3 is 15.5 Å². The second-order valence-corrected chi connectivity index (χ2v) is 8.21. The number of benzene rings is 1. The molecule has 0 spiro atoms. The van der Waals surface area contributed by atoms with E-state index in [4.69, 9.17) is 0 Å². The first-order valence-electron chi connectivity index (χ1n) is 10.7. The fourth-order valence-electron chi connectivity index (χ4n) is 4.31. The quantitative estimate of drug-likeness (QED) is 0.769. The van der Waals surface area contributed by atoms with Crippen LogP contribution in [0.5, 0.6) is 0 Å². The number of fused-ring (bicyclic) bond motifs is 2. The third-order valence-corrected chi connectivity index (χ3v) is 6.09. The normalized spacial score (nSPS) is 19.6. The van der Waals surface area contributed by atoms with Crippen molar-refractivity contribution in [2.75, 3.05) is 30.4 Å². The Morgan fingerprint density at radius 2 is 2.13 bits per heavy atom. The number of carbonyl (C=O) groups is 2. The molecule has 0 bridgehead atoms. The molecular weight excluding hydrogens is 378 g/mol. The second kappa shape index (κ2) is 8.93. The SMILES string of the molecule is CC(CCC1CCCN1C)NCC(=O)N1c2ccccc2NC(=O)c2cccnc21. The molecule has 7 heteroatoms. The van der Waals surface area contributed by atoms with Crippen LogP contribution in [-0.2, 0) is 4.79 Å². The van der Waals surface area contributed by atoms with Crippen molar-refractivity contribution >= 4 is 29.0 Å². The van der Waals surface area contributed by atoms with Crippen LogP contribution in [0.4, 0.5) is 17.2 Å². The van der Waals surface area contributed by atoms with Gasteiger partial charge in [0.15, 0.2) is 5.82 Å². The molecule has 0 radical (unpaired) electrons. The Morgan fingerprint density at radius 3 is 2.93 bits per heavy atom. The van der Waals surface area contributed by atoms with Gasteiger partial charge in [0.05, 0.1) is 23.5 Å². The van der Waals surface area contributed by atoms with Crippen LogP contribution >= 0.6 is 0 Å². The van der Waals surface area contributed by atoms with Crippen LogP contribution in [0.3, 0.4) is 0 Å². The summed E-state index contributed by atoms with van der Waals surface area (Å²) in [5, 5.41) is 6.25. The highest BCUT2D eigenvalue weighted by molar-refractivity contribution is 6.17. The first kappa shape index (κ1) is 20.5. The molecule has 1 aromatic carbocycles. The zero-order valence-electron chi connectivity index (χ0n) is 17.6. The molecule has 1 aromatic heterocycles. The number of carbonyl (C=O) groups excluding carboxylic acids is 2. The average molecular weight is 408 g/mol. The molecule has 0 aliphatic carbocycles. The topological polar surface area (TPSA) is 77.6 Å². The number of para-hydroxylation sites is 2. The molecule has 2 atom stereocenters. The molecule has 2 N–H and O–H groups in total. The molecule has 158 valence electrons. The minimum absolute atomic E-state index is 0.135. The van der Waals surface area contributed by atoms with Gasteiger partial charge in [-0.15, -0.1) is 0 Å². The van der Waals surface area contributed by atoms with E-state index in [9.17, 15) is 9.59 Å². The number of pyridine rings is 1. The van der Waals surface area contributed by atoms with E-state index >= 15 is 0 Å². The summed E-state index contributed by atoms with van der Waals surface area (Å²) in [4.78, 5) is 34.3. The number of likely N-dealkylation sites (tertiary alicyclic amines) is 1. The summed E-state index contributed by atoms with van der Waals surface area (Å²) in [7, 11) is 2.19. The van der Waals surface area contributed by atoms with E-state index in [1.54, 1.807) is 29.3 Å². The number of hydrogen-bond donors (Lipinski definition) is 2. The van der Waals surface area contributed by atoms with Gasteiger partial charge in [0, 0.05) is 18.3 Å². The molecule has 2 aliphatic heterocycles. The van der Waals surface area contributed by atoms with Crippen LogP contribution in [-0.4, -0.2) is 53.9 Å². The van der Waals surface area contributed by atoms with Crippen molar-refractivity contribution in [3.05, 3.63) is 48.2 Å². The lowest BCUT2D eigenvalue weighted by molar-refractivity contribution is -0.117. The fraction of sp³-hybridized carbons (Fsp3) is 0.435. The Bertz CT molecular complexity index is 931. The number of nitrogens with zero attached hydrogens (tertiary/aromatic N) is 3. The highest BCUT2D eigenvalue weighted by atomic mass is 16.2. The van der Waals surface area contributed by atoms with Gasteiger partial charge in [0.2, 0.25) is 5.91 Å². The van der Waals surface area contributed by atoms with Crippen molar-refractivity contribution in [1.82, 2.24) is 15.2 Å². The van der Waals surface area contributed by atoms with E-state index < -0.39 is 0 Å². The zero-order chi connectivity index (χ0) is 21.1. The van der Waals surface area contributed by atoms with E-state index in [-0.39, 0.29) is 24.4 Å². The highest BCUT2D eigenvalue weighted by Crippen LogP contribution is 2.36. The number of rotatable bonds is 6. The molecular formula is C23H29N5O2. The van der Waals surface area contributed by atoms with Gasteiger partial charge in [-0.3, -0.25) is 14.5 Å². The molecule has 30 heavy (non-hydrogen) atoms. The standard InChI is InChI=1S/C23H29N5O2/c1-16(11-12-17-7-6-14-27(17)2)25-15-21(29)28-20-10-4-3-9-19(20)26-23(30)18-8-5-13-24-22(18)28/h3-5,8-10,13,16-17,25H,6-7,11-12,14-15H2,1-2H3,(H,26,30). The van der Waals surface area contributed by atoms with Gasteiger partial charge in [-0.1, -0.05) is 12.1 Å². The van der Waals surface area contributed by atoms with Crippen LogP contribution in [0.2, 0.25) is 0 Å². The average Bonchev–Trinajstić information content (AvgIpc) is 3.11. The molecule has 7 nitrogen and oxygen atoms in total. The van der Waals surface area contributed by atoms with Gasteiger partial charge in [-0.25, -0.2) is 4.98 Å². The van der Waals surface area contributed by atoms with Gasteiger partial charge in [0.25, 0.3) is 5.91 Å². The zero-order valence-corrected chi connectivity index (χ0v) is 17.6. The maximum Gasteiger partial charge on any atom is 0.259 e. The molecule has 2 unspecified atom stereocenters. The van der Waals surface area contributed by atoms with Crippen LogP contribution in [0.25, 0.3) is 0 Å². The third kappa shape index (κ3) is 4.22. The Balaban J connectivity index is 1.48. The summed E-state index contributed by atoms with van der Waals surface area (Å²) in [6, 6.07) is 11.6. The molecule has 3 heterocycles. The van der Waals surface area contributed by atoms with E-state index in [1.165, 1.54) is 19.4 Å². The van der Waals surface area contributed by atoms with Crippen LogP contribution < -0.4 is 15.5 Å². The maximum absolute atomic E-state index is 13.3. The summed E-state index contributed by atoms with van der Waals surface area (Å²) in [6.07, 6.45) is 6.29. The molecule has 2 amide bonds. The van der Waals surface area contributed by atoms with Gasteiger partial charge in [0.1, 0.15) is 0 Å². The van der Waals surface area contributed by atoms with Crippen LogP contribution in [0, 0.1) is 0 Å². The molecule has 1 saturated heterocycles. The first-order valence-corrected chi connectivity index (χ1v) is 10.7. The minimum atomic E-state index is -0.261. The van der Waals surface area contributed by atoms with Crippen LogP contribution in [0.1, 0.15) is 43.0 Å².